The molecule has 1 fully saturated rings. The maximum atomic E-state index is 14.3. The van der Waals surface area contributed by atoms with E-state index < -0.39 is 6.03 Å². The number of anilines is 2. The third-order valence-electron chi connectivity index (χ3n) is 8.94. The van der Waals surface area contributed by atoms with Crippen molar-refractivity contribution in [3.63, 3.8) is 0 Å². The quantitative estimate of drug-likeness (QED) is 0.177. The first kappa shape index (κ1) is 32.3. The number of nitrogens with zero attached hydrogens (tertiary/aromatic N) is 2. The van der Waals surface area contributed by atoms with E-state index in [4.69, 9.17) is 4.74 Å². The monoisotopic (exact) mass is 608 g/mol. The third-order valence-corrected chi connectivity index (χ3v) is 8.94. The molecule has 2 N–H and O–H groups in total. The first-order valence-electron chi connectivity index (χ1n) is 16.7. The van der Waals surface area contributed by atoms with E-state index in [0.717, 1.165) is 46.4 Å². The first-order chi connectivity index (χ1) is 21.8. The Hall–Kier alpha value is -4.13. The Balaban J connectivity index is 1.58. The van der Waals surface area contributed by atoms with Gasteiger partial charge < -0.3 is 15.4 Å². The minimum atomic E-state index is -0.446. The van der Waals surface area contributed by atoms with E-state index >= 15 is 0 Å². The standard InChI is InChI=1S/C38H48N4O3/c1-6-7-22-42-36-32(20-13-21-39-36)33(28-16-11-17-29(23-28)45-24-27-14-9-8-10-15-27)35(37(42)43)41-38(44)40-34-30(25(2)3)18-12-19-31(34)26(4)5/h11-13,16-21,23,25-27H,6-10,14-15,22,24H2,1-5H3,(H2,40,41,44). The third kappa shape index (κ3) is 7.41. The van der Waals surface area contributed by atoms with E-state index in [0.29, 0.717) is 30.3 Å². The van der Waals surface area contributed by atoms with Crippen LogP contribution in [0.1, 0.15) is 103 Å². The SMILES string of the molecule is CCCCn1c(=O)c(NC(=O)Nc2c(C(C)C)cccc2C(C)C)c(-c2cccc(OCC3CCCCC3)c2)c2cccnc21. The van der Waals surface area contributed by atoms with Crippen molar-refractivity contribution in [1.29, 1.82) is 0 Å². The van der Waals surface area contributed by atoms with Crippen LogP contribution in [0.15, 0.2) is 65.6 Å². The highest BCUT2D eigenvalue weighted by Gasteiger charge is 2.23. The summed E-state index contributed by atoms with van der Waals surface area (Å²) in [5.41, 5.74) is 4.94. The predicted octanol–water partition coefficient (Wildman–Crippen LogP) is 9.71. The molecule has 0 saturated heterocycles. The van der Waals surface area contributed by atoms with Crippen molar-refractivity contribution in [3.05, 3.63) is 82.3 Å². The summed E-state index contributed by atoms with van der Waals surface area (Å²) in [6, 6.07) is 17.4. The van der Waals surface area contributed by atoms with Gasteiger partial charge in [0.05, 0.1) is 6.61 Å². The van der Waals surface area contributed by atoms with E-state index in [1.54, 1.807) is 10.8 Å². The smallest absolute Gasteiger partial charge is 0.323 e. The summed E-state index contributed by atoms with van der Waals surface area (Å²) >= 11 is 0. The van der Waals surface area contributed by atoms with Gasteiger partial charge in [0.25, 0.3) is 5.56 Å². The van der Waals surface area contributed by atoms with Gasteiger partial charge in [-0.1, -0.05) is 90.6 Å². The van der Waals surface area contributed by atoms with Crippen LogP contribution in [-0.2, 0) is 6.54 Å². The highest BCUT2D eigenvalue weighted by atomic mass is 16.5. The van der Waals surface area contributed by atoms with Crippen LogP contribution in [0.4, 0.5) is 16.2 Å². The van der Waals surface area contributed by atoms with Gasteiger partial charge in [-0.25, -0.2) is 9.78 Å². The topological polar surface area (TPSA) is 85.2 Å². The minimum Gasteiger partial charge on any atom is -0.493 e. The van der Waals surface area contributed by atoms with E-state index in [-0.39, 0.29) is 23.1 Å². The van der Waals surface area contributed by atoms with Crippen molar-refractivity contribution in [2.45, 2.75) is 97.9 Å². The molecule has 0 bridgehead atoms. The average molecular weight is 609 g/mol. The summed E-state index contributed by atoms with van der Waals surface area (Å²) in [7, 11) is 0. The van der Waals surface area contributed by atoms with Crippen LogP contribution in [0.5, 0.6) is 5.75 Å². The molecule has 2 aromatic heterocycles. The van der Waals surface area contributed by atoms with Gasteiger partial charge in [0.15, 0.2) is 0 Å². The van der Waals surface area contributed by atoms with Crippen molar-refractivity contribution in [3.8, 4) is 16.9 Å². The number of rotatable bonds is 11. The molecule has 0 aliphatic heterocycles. The molecule has 2 amide bonds. The number of fused-ring (bicyclic) bond motifs is 1. The molecular formula is C38H48N4O3. The largest absolute Gasteiger partial charge is 0.493 e. The number of carbonyl (C=O) groups excluding carboxylic acids is 1. The Bertz CT molecular complexity index is 1660. The van der Waals surface area contributed by atoms with Crippen molar-refractivity contribution in [2.75, 3.05) is 17.2 Å². The number of aryl methyl sites for hydroxylation is 1. The summed E-state index contributed by atoms with van der Waals surface area (Å²) < 4.78 is 8.00. The number of nitrogens with one attached hydrogen (secondary N) is 2. The lowest BCUT2D eigenvalue weighted by atomic mass is 9.90. The average Bonchev–Trinajstić information content (AvgIpc) is 3.04. The summed E-state index contributed by atoms with van der Waals surface area (Å²) in [4.78, 5) is 32.8. The number of ether oxygens (including phenoxy) is 1. The first-order valence-corrected chi connectivity index (χ1v) is 16.7. The molecule has 45 heavy (non-hydrogen) atoms. The Morgan fingerprint density at radius 3 is 2.31 bits per heavy atom. The second-order valence-corrected chi connectivity index (χ2v) is 13.0. The van der Waals surface area contributed by atoms with Crippen molar-refractivity contribution in [1.82, 2.24) is 9.55 Å². The van der Waals surface area contributed by atoms with Gasteiger partial charge in [-0.3, -0.25) is 9.36 Å². The van der Waals surface area contributed by atoms with Gasteiger partial charge in [-0.2, -0.15) is 0 Å². The fourth-order valence-electron chi connectivity index (χ4n) is 6.48. The molecule has 238 valence electrons. The van der Waals surface area contributed by atoms with Gasteiger partial charge in [0, 0.05) is 29.4 Å². The number of urea groups is 1. The van der Waals surface area contributed by atoms with Gasteiger partial charge >= 0.3 is 6.03 Å². The summed E-state index contributed by atoms with van der Waals surface area (Å²) in [6.07, 6.45) is 9.70. The highest BCUT2D eigenvalue weighted by Crippen LogP contribution is 2.36. The second-order valence-electron chi connectivity index (χ2n) is 13.0. The minimum absolute atomic E-state index is 0.212. The summed E-state index contributed by atoms with van der Waals surface area (Å²) in [5.74, 6) is 1.75. The van der Waals surface area contributed by atoms with Crippen molar-refractivity contribution >= 4 is 28.4 Å². The molecule has 7 heteroatoms. The molecule has 1 saturated carbocycles. The lowest BCUT2D eigenvalue weighted by Crippen LogP contribution is -2.30. The number of aromatic nitrogens is 2. The maximum Gasteiger partial charge on any atom is 0.323 e. The molecule has 7 nitrogen and oxygen atoms in total. The van der Waals surface area contributed by atoms with Crippen LogP contribution in [0, 0.1) is 5.92 Å². The number of hydrogen-bond acceptors (Lipinski definition) is 4. The number of amides is 2. The van der Waals surface area contributed by atoms with E-state index in [2.05, 4.69) is 62.4 Å². The number of carbonyl (C=O) groups is 1. The van der Waals surface area contributed by atoms with Gasteiger partial charge in [0.1, 0.15) is 17.1 Å². The van der Waals surface area contributed by atoms with Crippen LogP contribution >= 0.6 is 0 Å². The Morgan fingerprint density at radius 1 is 0.933 bits per heavy atom. The molecule has 1 aliphatic rings. The van der Waals surface area contributed by atoms with E-state index in [1.165, 1.54) is 32.1 Å². The molecule has 2 heterocycles. The van der Waals surface area contributed by atoms with Gasteiger partial charge in [0.2, 0.25) is 0 Å². The van der Waals surface area contributed by atoms with Gasteiger partial charge in [-0.05, 0) is 78.0 Å². The Morgan fingerprint density at radius 2 is 1.62 bits per heavy atom. The number of unbranched alkanes of at least 4 members (excludes halogenated alkanes) is 1. The van der Waals surface area contributed by atoms with Gasteiger partial charge in [-0.15, -0.1) is 0 Å². The summed E-state index contributed by atoms with van der Waals surface area (Å²) in [6.45, 7) is 11.8. The molecule has 1 aliphatic carbocycles. The van der Waals surface area contributed by atoms with Crippen LogP contribution in [0.3, 0.4) is 0 Å². The molecule has 0 unspecified atom stereocenters. The lowest BCUT2D eigenvalue weighted by molar-refractivity contribution is 0.209. The molecular weight excluding hydrogens is 560 g/mol. The van der Waals surface area contributed by atoms with Crippen LogP contribution in [0.2, 0.25) is 0 Å². The van der Waals surface area contributed by atoms with Crippen LogP contribution < -0.4 is 20.9 Å². The number of benzene rings is 2. The van der Waals surface area contributed by atoms with Crippen molar-refractivity contribution < 1.29 is 9.53 Å². The normalized spacial score (nSPS) is 13.8. The Kier molecular flexibility index (Phi) is 10.6. The van der Waals surface area contributed by atoms with Crippen LogP contribution in [0.25, 0.3) is 22.2 Å². The number of hydrogen-bond donors (Lipinski definition) is 2. The van der Waals surface area contributed by atoms with Crippen LogP contribution in [-0.4, -0.2) is 22.2 Å². The molecule has 2 aromatic carbocycles. The fraction of sp³-hybridized carbons (Fsp3) is 0.447. The molecule has 0 spiro atoms. The zero-order valence-electron chi connectivity index (χ0n) is 27.5. The number of pyridine rings is 2. The lowest BCUT2D eigenvalue weighted by Gasteiger charge is -2.22. The van der Waals surface area contributed by atoms with E-state index in [1.807, 2.05) is 42.5 Å². The highest BCUT2D eigenvalue weighted by molar-refractivity contribution is 6.07. The molecule has 5 rings (SSSR count). The summed E-state index contributed by atoms with van der Waals surface area (Å²) in [5, 5.41) is 6.96. The zero-order valence-corrected chi connectivity index (χ0v) is 27.5. The maximum absolute atomic E-state index is 14.3. The molecule has 0 atom stereocenters. The van der Waals surface area contributed by atoms with E-state index in [9.17, 15) is 9.59 Å². The fourth-order valence-corrected chi connectivity index (χ4v) is 6.48. The van der Waals surface area contributed by atoms with Crippen molar-refractivity contribution in [2.24, 2.45) is 5.92 Å². The molecule has 4 aromatic rings. The Labute approximate surface area is 267 Å². The number of para-hydroxylation sites is 1. The predicted molar refractivity (Wildman–Crippen MR) is 186 cm³/mol. The molecule has 0 radical (unpaired) electrons. The second kappa shape index (κ2) is 14.8. The zero-order chi connectivity index (χ0) is 31.9.